The molecule has 3 heterocycles. The molecular weight excluding hydrogens is 390 g/mol. The van der Waals surface area contributed by atoms with Crippen LogP contribution in [0.25, 0.3) is 11.3 Å². The molecule has 0 aliphatic carbocycles. The van der Waals surface area contributed by atoms with Crippen LogP contribution in [-0.4, -0.2) is 50.7 Å². The molecule has 0 bridgehead atoms. The summed E-state index contributed by atoms with van der Waals surface area (Å²) in [4.78, 5) is 23.7. The van der Waals surface area contributed by atoms with E-state index in [4.69, 9.17) is 0 Å². The van der Waals surface area contributed by atoms with Gasteiger partial charge in [0.25, 0.3) is 0 Å². The smallest absolute Gasteiger partial charge is 0.227 e. The molecule has 1 aliphatic rings. The molecule has 1 saturated heterocycles. The SMILES string of the molecule is Cc1cc(-c2ccnc(Nc3cnn(C)c3)n2)ccc1CNC(=O)C1CCN(C)CC1. The van der Waals surface area contributed by atoms with Crippen molar-refractivity contribution in [2.75, 3.05) is 25.5 Å². The van der Waals surface area contributed by atoms with E-state index in [9.17, 15) is 4.79 Å². The van der Waals surface area contributed by atoms with E-state index in [0.717, 1.165) is 54.0 Å². The van der Waals surface area contributed by atoms with Crippen molar-refractivity contribution in [3.63, 3.8) is 0 Å². The molecule has 1 aromatic carbocycles. The molecule has 1 aliphatic heterocycles. The number of benzene rings is 1. The Morgan fingerprint density at radius 2 is 2.00 bits per heavy atom. The second-order valence-corrected chi connectivity index (χ2v) is 8.23. The molecule has 1 amide bonds. The van der Waals surface area contributed by atoms with E-state index in [-0.39, 0.29) is 11.8 Å². The second kappa shape index (κ2) is 9.26. The van der Waals surface area contributed by atoms with Crippen LogP contribution in [0.3, 0.4) is 0 Å². The van der Waals surface area contributed by atoms with E-state index in [1.165, 1.54) is 0 Å². The first-order chi connectivity index (χ1) is 15.0. The van der Waals surface area contributed by atoms with Gasteiger partial charge in [-0.25, -0.2) is 9.97 Å². The fourth-order valence-electron chi connectivity index (χ4n) is 3.85. The van der Waals surface area contributed by atoms with Crippen LogP contribution in [0.1, 0.15) is 24.0 Å². The molecule has 31 heavy (non-hydrogen) atoms. The lowest BCUT2D eigenvalue weighted by molar-refractivity contribution is -0.126. The van der Waals surface area contributed by atoms with Crippen molar-refractivity contribution in [1.82, 2.24) is 30.0 Å². The molecule has 1 fully saturated rings. The maximum Gasteiger partial charge on any atom is 0.227 e. The Morgan fingerprint density at radius 1 is 1.19 bits per heavy atom. The average Bonchev–Trinajstić information content (AvgIpc) is 3.17. The molecular formula is C23H29N7O. The van der Waals surface area contributed by atoms with Crippen LogP contribution in [-0.2, 0) is 18.4 Å². The first-order valence-corrected chi connectivity index (χ1v) is 10.6. The van der Waals surface area contributed by atoms with Crippen LogP contribution in [0.15, 0.2) is 42.9 Å². The maximum atomic E-state index is 12.5. The number of amides is 1. The zero-order chi connectivity index (χ0) is 21.8. The van der Waals surface area contributed by atoms with Gasteiger partial charge in [-0.05, 0) is 63.2 Å². The highest BCUT2D eigenvalue weighted by Gasteiger charge is 2.23. The largest absolute Gasteiger partial charge is 0.352 e. The van der Waals surface area contributed by atoms with Crippen molar-refractivity contribution in [2.45, 2.75) is 26.3 Å². The third-order valence-electron chi connectivity index (χ3n) is 5.80. The predicted octanol–water partition coefficient (Wildman–Crippen LogP) is 2.89. The summed E-state index contributed by atoms with van der Waals surface area (Å²) in [6, 6.07) is 8.11. The topological polar surface area (TPSA) is 88.0 Å². The summed E-state index contributed by atoms with van der Waals surface area (Å²) in [5.41, 5.74) is 4.94. The van der Waals surface area contributed by atoms with Gasteiger partial charge in [-0.1, -0.05) is 12.1 Å². The molecule has 0 spiro atoms. The molecule has 8 nitrogen and oxygen atoms in total. The Bertz CT molecular complexity index is 1050. The zero-order valence-electron chi connectivity index (χ0n) is 18.3. The molecule has 0 unspecified atom stereocenters. The highest BCUT2D eigenvalue weighted by Crippen LogP contribution is 2.23. The lowest BCUT2D eigenvalue weighted by atomic mass is 9.96. The van der Waals surface area contributed by atoms with Crippen molar-refractivity contribution >= 4 is 17.5 Å². The number of hydrogen-bond acceptors (Lipinski definition) is 6. The number of aromatic nitrogens is 4. The fraction of sp³-hybridized carbons (Fsp3) is 0.391. The Morgan fingerprint density at radius 3 is 2.71 bits per heavy atom. The number of nitrogens with zero attached hydrogens (tertiary/aromatic N) is 5. The first-order valence-electron chi connectivity index (χ1n) is 10.6. The molecule has 0 saturated carbocycles. The molecule has 2 aromatic heterocycles. The van der Waals surface area contributed by atoms with Crippen LogP contribution in [0.4, 0.5) is 11.6 Å². The number of carbonyl (C=O) groups is 1. The monoisotopic (exact) mass is 419 g/mol. The van der Waals surface area contributed by atoms with Crippen molar-refractivity contribution in [3.05, 3.63) is 54.0 Å². The van der Waals surface area contributed by atoms with Crippen molar-refractivity contribution in [2.24, 2.45) is 13.0 Å². The van der Waals surface area contributed by atoms with Crippen LogP contribution in [0, 0.1) is 12.8 Å². The number of piperidine rings is 1. The Labute approximate surface area is 182 Å². The van der Waals surface area contributed by atoms with Gasteiger partial charge in [0.1, 0.15) is 0 Å². The minimum atomic E-state index is 0.127. The summed E-state index contributed by atoms with van der Waals surface area (Å²) < 4.78 is 1.72. The summed E-state index contributed by atoms with van der Waals surface area (Å²) in [7, 11) is 3.97. The molecule has 4 rings (SSSR count). The first kappa shape index (κ1) is 21.0. The lowest BCUT2D eigenvalue weighted by Crippen LogP contribution is -2.38. The van der Waals surface area contributed by atoms with E-state index in [2.05, 4.69) is 56.7 Å². The quantitative estimate of drug-likeness (QED) is 0.639. The number of rotatable bonds is 6. The summed E-state index contributed by atoms with van der Waals surface area (Å²) >= 11 is 0. The minimum Gasteiger partial charge on any atom is -0.352 e. The molecule has 3 aromatic rings. The number of anilines is 2. The number of aryl methyl sites for hydroxylation is 2. The third kappa shape index (κ3) is 5.27. The van der Waals surface area contributed by atoms with Gasteiger partial charge in [0, 0.05) is 37.5 Å². The van der Waals surface area contributed by atoms with E-state index >= 15 is 0 Å². The van der Waals surface area contributed by atoms with Crippen molar-refractivity contribution in [3.8, 4) is 11.3 Å². The van der Waals surface area contributed by atoms with Crippen molar-refractivity contribution in [1.29, 1.82) is 0 Å². The minimum absolute atomic E-state index is 0.127. The van der Waals surface area contributed by atoms with Crippen LogP contribution < -0.4 is 10.6 Å². The summed E-state index contributed by atoms with van der Waals surface area (Å²) in [6.45, 7) is 4.59. The Balaban J connectivity index is 1.40. The van der Waals surface area contributed by atoms with Gasteiger partial charge >= 0.3 is 0 Å². The number of likely N-dealkylation sites (tertiary alicyclic amines) is 1. The second-order valence-electron chi connectivity index (χ2n) is 8.23. The summed E-state index contributed by atoms with van der Waals surface area (Å²) in [6.07, 6.45) is 7.21. The highest BCUT2D eigenvalue weighted by atomic mass is 16.1. The Kier molecular flexibility index (Phi) is 6.27. The van der Waals surface area contributed by atoms with Crippen molar-refractivity contribution < 1.29 is 4.79 Å². The van der Waals surface area contributed by atoms with Gasteiger partial charge in [-0.15, -0.1) is 0 Å². The van der Waals surface area contributed by atoms with E-state index in [0.29, 0.717) is 12.5 Å². The maximum absolute atomic E-state index is 12.5. The predicted molar refractivity (Wildman–Crippen MR) is 121 cm³/mol. The van der Waals surface area contributed by atoms with Gasteiger partial charge in [-0.2, -0.15) is 5.10 Å². The molecule has 162 valence electrons. The van der Waals surface area contributed by atoms with Gasteiger partial charge in [0.15, 0.2) is 0 Å². The summed E-state index contributed by atoms with van der Waals surface area (Å²) in [5, 5.41) is 10.4. The van der Waals surface area contributed by atoms with Gasteiger partial charge in [0.05, 0.1) is 17.6 Å². The molecule has 0 radical (unpaired) electrons. The van der Waals surface area contributed by atoms with Gasteiger partial charge < -0.3 is 15.5 Å². The number of hydrogen-bond donors (Lipinski definition) is 2. The molecule has 8 heteroatoms. The standard InChI is InChI=1S/C23H29N7O/c1-16-12-18(21-6-9-24-23(28-21)27-20-14-26-30(3)15-20)4-5-19(16)13-25-22(31)17-7-10-29(2)11-8-17/h4-6,9,12,14-15,17H,7-8,10-11,13H2,1-3H3,(H,25,31)(H,24,27,28). The van der Waals surface area contributed by atoms with E-state index < -0.39 is 0 Å². The molecule has 2 N–H and O–H groups in total. The van der Waals surface area contributed by atoms with Crippen LogP contribution in [0.2, 0.25) is 0 Å². The number of carbonyl (C=O) groups excluding carboxylic acids is 1. The van der Waals surface area contributed by atoms with Crippen LogP contribution in [0.5, 0.6) is 0 Å². The number of nitrogens with one attached hydrogen (secondary N) is 2. The van der Waals surface area contributed by atoms with Gasteiger partial charge in [0.2, 0.25) is 11.9 Å². The Hall–Kier alpha value is -3.26. The average molecular weight is 420 g/mol. The molecule has 0 atom stereocenters. The van der Waals surface area contributed by atoms with E-state index in [1.807, 2.05) is 25.4 Å². The highest BCUT2D eigenvalue weighted by molar-refractivity contribution is 5.78. The van der Waals surface area contributed by atoms with Crippen LogP contribution >= 0.6 is 0 Å². The lowest BCUT2D eigenvalue weighted by Gasteiger charge is -2.28. The fourth-order valence-corrected chi connectivity index (χ4v) is 3.85. The zero-order valence-corrected chi connectivity index (χ0v) is 18.3. The summed E-state index contributed by atoms with van der Waals surface area (Å²) in [5.74, 6) is 0.818. The van der Waals surface area contributed by atoms with E-state index in [1.54, 1.807) is 17.1 Å². The van der Waals surface area contributed by atoms with Gasteiger partial charge in [-0.3, -0.25) is 9.48 Å². The normalized spacial score (nSPS) is 15.1. The third-order valence-corrected chi connectivity index (χ3v) is 5.80.